The normalized spacial score (nSPS) is 14.1. The van der Waals surface area contributed by atoms with Crippen molar-refractivity contribution in [1.82, 2.24) is 5.32 Å². The largest absolute Gasteiger partial charge is 0.508 e. The lowest BCUT2D eigenvalue weighted by Crippen LogP contribution is -2.42. The zero-order valence-electron chi connectivity index (χ0n) is 18.6. The van der Waals surface area contributed by atoms with Crippen molar-refractivity contribution in [3.05, 3.63) is 97.1 Å². The highest BCUT2D eigenvalue weighted by Crippen LogP contribution is 2.23. The first-order valence-corrected chi connectivity index (χ1v) is 11.0. The lowest BCUT2D eigenvalue weighted by atomic mass is 9.85. The first-order chi connectivity index (χ1) is 14.4. The van der Waals surface area contributed by atoms with E-state index >= 15 is 0 Å². The summed E-state index contributed by atoms with van der Waals surface area (Å²) in [6, 6.07) is 16.4. The Labute approximate surface area is 183 Å². The van der Waals surface area contributed by atoms with Crippen LogP contribution in [-0.2, 0) is 12.8 Å². The van der Waals surface area contributed by atoms with E-state index in [1.54, 1.807) is 12.1 Å². The molecule has 0 bridgehead atoms. The van der Waals surface area contributed by atoms with Gasteiger partial charge in [-0.25, -0.2) is 0 Å². The van der Waals surface area contributed by atoms with Gasteiger partial charge in [0.25, 0.3) is 0 Å². The number of phenols is 1. The molecule has 30 heavy (non-hydrogen) atoms. The molecule has 2 rings (SSSR count). The van der Waals surface area contributed by atoms with Crippen LogP contribution in [0.2, 0.25) is 0 Å². The van der Waals surface area contributed by atoms with E-state index in [1.165, 1.54) is 17.5 Å². The lowest BCUT2D eigenvalue weighted by Gasteiger charge is -2.30. The van der Waals surface area contributed by atoms with Gasteiger partial charge in [-0.1, -0.05) is 81.5 Å². The SMILES string of the molecule is C=Cc1ccc(CC(CCC(C)C)C(C=C)NC(C=C)Cc2ccc(O)cc2)cc1. The highest BCUT2D eigenvalue weighted by molar-refractivity contribution is 5.47. The van der Waals surface area contributed by atoms with Crippen LogP contribution in [0, 0.1) is 11.8 Å². The van der Waals surface area contributed by atoms with Gasteiger partial charge in [-0.2, -0.15) is 0 Å². The van der Waals surface area contributed by atoms with E-state index in [-0.39, 0.29) is 12.1 Å². The quantitative estimate of drug-likeness (QED) is 0.371. The third kappa shape index (κ3) is 7.68. The van der Waals surface area contributed by atoms with Gasteiger partial charge < -0.3 is 10.4 Å². The number of benzene rings is 2. The second-order valence-electron chi connectivity index (χ2n) is 8.52. The van der Waals surface area contributed by atoms with Gasteiger partial charge in [-0.15, -0.1) is 13.2 Å². The fourth-order valence-corrected chi connectivity index (χ4v) is 3.79. The van der Waals surface area contributed by atoms with Crippen molar-refractivity contribution >= 4 is 6.08 Å². The van der Waals surface area contributed by atoms with Crippen molar-refractivity contribution < 1.29 is 5.11 Å². The average molecular weight is 404 g/mol. The Kier molecular flexibility index (Phi) is 9.63. The van der Waals surface area contributed by atoms with Gasteiger partial charge in [0, 0.05) is 12.1 Å². The minimum atomic E-state index is 0.141. The summed E-state index contributed by atoms with van der Waals surface area (Å²) in [5.74, 6) is 1.43. The maximum Gasteiger partial charge on any atom is 0.115 e. The summed E-state index contributed by atoms with van der Waals surface area (Å²) < 4.78 is 0. The van der Waals surface area contributed by atoms with Gasteiger partial charge in [0.1, 0.15) is 5.75 Å². The van der Waals surface area contributed by atoms with Crippen LogP contribution in [-0.4, -0.2) is 17.2 Å². The van der Waals surface area contributed by atoms with Crippen LogP contribution < -0.4 is 5.32 Å². The molecule has 0 amide bonds. The van der Waals surface area contributed by atoms with Crippen molar-refractivity contribution in [2.45, 2.75) is 51.6 Å². The average Bonchev–Trinajstić information content (AvgIpc) is 2.76. The van der Waals surface area contributed by atoms with E-state index in [9.17, 15) is 5.11 Å². The molecule has 2 N–H and O–H groups in total. The highest BCUT2D eigenvalue weighted by atomic mass is 16.3. The third-order valence-electron chi connectivity index (χ3n) is 5.67. The number of rotatable bonds is 13. The molecule has 0 spiro atoms. The first kappa shape index (κ1) is 23.7. The molecule has 0 saturated heterocycles. The van der Waals surface area contributed by atoms with Crippen molar-refractivity contribution in [2.75, 3.05) is 0 Å². The van der Waals surface area contributed by atoms with Crippen LogP contribution in [0.15, 0.2) is 80.4 Å². The minimum Gasteiger partial charge on any atom is -0.508 e. The maximum atomic E-state index is 9.53. The summed E-state index contributed by atoms with van der Waals surface area (Å²) in [7, 11) is 0. The van der Waals surface area contributed by atoms with Crippen molar-refractivity contribution in [3.63, 3.8) is 0 Å². The summed E-state index contributed by atoms with van der Waals surface area (Å²) in [5.41, 5.74) is 3.67. The highest BCUT2D eigenvalue weighted by Gasteiger charge is 2.22. The Balaban J connectivity index is 2.12. The van der Waals surface area contributed by atoms with Gasteiger partial charge in [0.15, 0.2) is 0 Å². The van der Waals surface area contributed by atoms with Crippen LogP contribution in [0.3, 0.4) is 0 Å². The Morgan fingerprint density at radius 1 is 0.833 bits per heavy atom. The molecule has 2 heteroatoms. The van der Waals surface area contributed by atoms with E-state index in [0.29, 0.717) is 17.6 Å². The summed E-state index contributed by atoms with van der Waals surface area (Å²) in [6.07, 6.45) is 10.1. The zero-order chi connectivity index (χ0) is 21.9. The Bertz CT molecular complexity index is 788. The third-order valence-corrected chi connectivity index (χ3v) is 5.67. The molecule has 3 unspecified atom stereocenters. The molecule has 0 aliphatic rings. The van der Waals surface area contributed by atoms with E-state index in [1.807, 2.05) is 24.3 Å². The molecule has 0 heterocycles. The first-order valence-electron chi connectivity index (χ1n) is 11.0. The Hall–Kier alpha value is -2.58. The minimum absolute atomic E-state index is 0.141. The molecule has 0 aromatic heterocycles. The molecule has 2 aromatic rings. The molecule has 2 nitrogen and oxygen atoms in total. The smallest absolute Gasteiger partial charge is 0.115 e. The number of nitrogens with one attached hydrogen (secondary N) is 1. The second kappa shape index (κ2) is 12.2. The zero-order valence-corrected chi connectivity index (χ0v) is 18.6. The van der Waals surface area contributed by atoms with Crippen LogP contribution in [0.25, 0.3) is 6.08 Å². The van der Waals surface area contributed by atoms with Crippen LogP contribution in [0.5, 0.6) is 5.75 Å². The molecule has 0 saturated carbocycles. The molecular weight excluding hydrogens is 366 g/mol. The maximum absolute atomic E-state index is 9.53. The summed E-state index contributed by atoms with van der Waals surface area (Å²) in [5, 5.41) is 13.3. The standard InChI is InChI=1S/C28H37NO/c1-6-22-10-12-23(13-11-22)19-25(16-9-21(4)5)28(8-3)29-26(7-2)20-24-14-17-27(30)18-15-24/h6-8,10-15,17-18,21,25-26,28-30H,1-3,9,16,19-20H2,4-5H3. The van der Waals surface area contributed by atoms with Crippen molar-refractivity contribution in [1.29, 1.82) is 0 Å². The molecule has 160 valence electrons. The fraction of sp³-hybridized carbons (Fsp3) is 0.357. The molecule has 0 aliphatic heterocycles. The Morgan fingerprint density at radius 2 is 1.43 bits per heavy atom. The van der Waals surface area contributed by atoms with Crippen LogP contribution in [0.1, 0.15) is 43.4 Å². The molecule has 2 aromatic carbocycles. The predicted octanol–water partition coefficient (Wildman–Crippen LogP) is 6.57. The molecular formula is C28H37NO. The lowest BCUT2D eigenvalue weighted by molar-refractivity contribution is 0.337. The van der Waals surface area contributed by atoms with E-state index in [0.717, 1.165) is 24.8 Å². The van der Waals surface area contributed by atoms with Gasteiger partial charge in [0.05, 0.1) is 0 Å². The number of hydrogen-bond donors (Lipinski definition) is 2. The molecule has 0 aliphatic carbocycles. The number of phenolic OH excluding ortho intramolecular Hbond substituents is 1. The summed E-state index contributed by atoms with van der Waals surface area (Å²) in [4.78, 5) is 0. The predicted molar refractivity (Wildman–Crippen MR) is 131 cm³/mol. The Morgan fingerprint density at radius 3 is 1.97 bits per heavy atom. The summed E-state index contributed by atoms with van der Waals surface area (Å²) >= 11 is 0. The van der Waals surface area contributed by atoms with Crippen LogP contribution >= 0.6 is 0 Å². The van der Waals surface area contributed by atoms with Crippen molar-refractivity contribution in [3.8, 4) is 5.75 Å². The van der Waals surface area contributed by atoms with Gasteiger partial charge in [-0.05, 0) is 59.9 Å². The van der Waals surface area contributed by atoms with Crippen LogP contribution in [0.4, 0.5) is 0 Å². The number of aromatic hydroxyl groups is 1. The topological polar surface area (TPSA) is 32.3 Å². The summed E-state index contributed by atoms with van der Waals surface area (Å²) in [6.45, 7) is 16.6. The van der Waals surface area contributed by atoms with Gasteiger partial charge in [0.2, 0.25) is 0 Å². The second-order valence-corrected chi connectivity index (χ2v) is 8.52. The molecule has 0 fully saturated rings. The van der Waals surface area contributed by atoms with E-state index in [4.69, 9.17) is 0 Å². The van der Waals surface area contributed by atoms with Gasteiger partial charge in [-0.3, -0.25) is 0 Å². The fourth-order valence-electron chi connectivity index (χ4n) is 3.79. The van der Waals surface area contributed by atoms with E-state index < -0.39 is 0 Å². The monoisotopic (exact) mass is 403 g/mol. The van der Waals surface area contributed by atoms with Gasteiger partial charge >= 0.3 is 0 Å². The molecule has 0 radical (unpaired) electrons. The number of hydrogen-bond acceptors (Lipinski definition) is 2. The molecule has 3 atom stereocenters. The van der Waals surface area contributed by atoms with Crippen molar-refractivity contribution in [2.24, 2.45) is 11.8 Å². The van der Waals surface area contributed by atoms with E-state index in [2.05, 4.69) is 69.2 Å².